The fraction of sp³-hybridized carbons (Fsp3) is 0.143. The Morgan fingerprint density at radius 3 is 2.41 bits per heavy atom. The maximum Gasteiger partial charge on any atom is 0.229 e. The predicted octanol–water partition coefficient (Wildman–Crippen LogP) is 3.79. The number of hydrogen-bond donors (Lipinski definition) is 2. The summed E-state index contributed by atoms with van der Waals surface area (Å²) in [5.41, 5.74) is 2.62. The summed E-state index contributed by atoms with van der Waals surface area (Å²) in [5, 5.41) is 7.42. The van der Waals surface area contributed by atoms with Crippen LogP contribution >= 0.6 is 0 Å². The van der Waals surface area contributed by atoms with Gasteiger partial charge in [-0.15, -0.1) is 0 Å². The highest BCUT2D eigenvalue weighted by Gasteiger charge is 2.13. The molecular formula is C21H20N6O2. The van der Waals surface area contributed by atoms with E-state index < -0.39 is 0 Å². The molecule has 0 fully saturated rings. The third-order valence-electron chi connectivity index (χ3n) is 4.32. The molecule has 0 saturated heterocycles. The summed E-state index contributed by atoms with van der Waals surface area (Å²) in [6, 6.07) is 11.3. The molecule has 146 valence electrons. The molecule has 0 unspecified atom stereocenters. The minimum atomic E-state index is 0.463. The van der Waals surface area contributed by atoms with E-state index in [9.17, 15) is 0 Å². The Hall–Kier alpha value is -3.94. The van der Waals surface area contributed by atoms with Gasteiger partial charge in [-0.05, 0) is 29.8 Å². The number of nitrogens with zero attached hydrogens (tertiary/aromatic N) is 4. The van der Waals surface area contributed by atoms with Gasteiger partial charge in [0.1, 0.15) is 5.82 Å². The summed E-state index contributed by atoms with van der Waals surface area (Å²) in [6.45, 7) is 0.572. The van der Waals surface area contributed by atoms with Crippen LogP contribution in [0.4, 0.5) is 17.5 Å². The van der Waals surface area contributed by atoms with Gasteiger partial charge in [-0.2, -0.15) is 4.98 Å². The monoisotopic (exact) mass is 388 g/mol. The Balaban J connectivity index is 1.76. The van der Waals surface area contributed by atoms with Gasteiger partial charge in [0.25, 0.3) is 0 Å². The van der Waals surface area contributed by atoms with Crippen molar-refractivity contribution in [1.82, 2.24) is 19.9 Å². The van der Waals surface area contributed by atoms with Gasteiger partial charge in [0.05, 0.1) is 19.7 Å². The average molecular weight is 388 g/mol. The average Bonchev–Trinajstić information content (AvgIpc) is 2.78. The van der Waals surface area contributed by atoms with Gasteiger partial charge in [-0.3, -0.25) is 9.97 Å². The van der Waals surface area contributed by atoms with Crippen molar-refractivity contribution in [2.24, 2.45) is 0 Å². The molecule has 1 aromatic carbocycles. The van der Waals surface area contributed by atoms with Crippen LogP contribution in [0.1, 0.15) is 5.56 Å². The topological polar surface area (TPSA) is 94.1 Å². The number of benzene rings is 1. The first kappa shape index (κ1) is 18.4. The molecule has 3 aromatic heterocycles. The van der Waals surface area contributed by atoms with Crippen LogP contribution in [-0.4, -0.2) is 34.2 Å². The second-order valence-corrected chi connectivity index (χ2v) is 6.20. The molecule has 4 rings (SSSR count). The minimum absolute atomic E-state index is 0.463. The Bertz CT molecular complexity index is 1110. The molecular weight excluding hydrogens is 368 g/mol. The summed E-state index contributed by atoms with van der Waals surface area (Å²) < 4.78 is 10.9. The first-order chi connectivity index (χ1) is 14.3. The molecule has 0 spiro atoms. The van der Waals surface area contributed by atoms with Crippen LogP contribution in [0.25, 0.3) is 10.9 Å². The van der Waals surface area contributed by atoms with Gasteiger partial charge in [0.15, 0.2) is 11.5 Å². The second-order valence-electron chi connectivity index (χ2n) is 6.20. The summed E-state index contributed by atoms with van der Waals surface area (Å²) in [6.07, 6.45) is 6.98. The summed E-state index contributed by atoms with van der Waals surface area (Å²) >= 11 is 0. The zero-order valence-corrected chi connectivity index (χ0v) is 16.1. The molecule has 8 nitrogen and oxygen atoms in total. The predicted molar refractivity (Wildman–Crippen MR) is 112 cm³/mol. The highest BCUT2D eigenvalue weighted by atomic mass is 16.5. The molecule has 2 N–H and O–H groups in total. The molecule has 3 heterocycles. The van der Waals surface area contributed by atoms with E-state index in [2.05, 4.69) is 30.6 Å². The van der Waals surface area contributed by atoms with Gasteiger partial charge in [0, 0.05) is 48.5 Å². The number of methoxy groups -OCH3 is 2. The molecule has 0 radical (unpaired) electrons. The lowest BCUT2D eigenvalue weighted by Gasteiger charge is -2.14. The number of pyridine rings is 2. The lowest BCUT2D eigenvalue weighted by Crippen LogP contribution is -2.06. The van der Waals surface area contributed by atoms with Crippen molar-refractivity contribution in [3.63, 3.8) is 0 Å². The molecule has 29 heavy (non-hydrogen) atoms. The third-order valence-corrected chi connectivity index (χ3v) is 4.32. The number of anilines is 3. The van der Waals surface area contributed by atoms with Crippen LogP contribution in [0.2, 0.25) is 0 Å². The van der Waals surface area contributed by atoms with Crippen molar-refractivity contribution in [1.29, 1.82) is 0 Å². The third kappa shape index (κ3) is 4.16. The van der Waals surface area contributed by atoms with Crippen molar-refractivity contribution in [2.45, 2.75) is 6.54 Å². The Kier molecular flexibility index (Phi) is 5.33. The van der Waals surface area contributed by atoms with Crippen LogP contribution in [0.3, 0.4) is 0 Å². The number of aromatic nitrogens is 4. The van der Waals surface area contributed by atoms with E-state index in [1.165, 1.54) is 0 Å². The zero-order chi connectivity index (χ0) is 20.1. The van der Waals surface area contributed by atoms with Crippen LogP contribution in [0.5, 0.6) is 11.5 Å². The van der Waals surface area contributed by atoms with Gasteiger partial charge in [-0.1, -0.05) is 6.07 Å². The zero-order valence-electron chi connectivity index (χ0n) is 16.1. The van der Waals surface area contributed by atoms with E-state index >= 15 is 0 Å². The normalized spacial score (nSPS) is 10.6. The van der Waals surface area contributed by atoms with Gasteiger partial charge < -0.3 is 20.1 Å². The van der Waals surface area contributed by atoms with Crippen molar-refractivity contribution in [3.05, 3.63) is 66.7 Å². The molecule has 4 aromatic rings. The summed E-state index contributed by atoms with van der Waals surface area (Å²) in [7, 11) is 3.20. The number of hydrogen-bond acceptors (Lipinski definition) is 8. The molecule has 8 heteroatoms. The lowest BCUT2D eigenvalue weighted by atomic mass is 10.2. The minimum Gasteiger partial charge on any atom is -0.493 e. The SMILES string of the molecule is COc1cc2nc(Nc3ccncc3)nc(NCc3cccnc3)c2cc1OC. The van der Waals surface area contributed by atoms with Crippen LogP contribution in [0.15, 0.2) is 61.2 Å². The molecule has 0 aliphatic carbocycles. The Morgan fingerprint density at radius 1 is 0.897 bits per heavy atom. The van der Waals surface area contributed by atoms with Crippen LogP contribution in [-0.2, 0) is 6.54 Å². The second kappa shape index (κ2) is 8.39. The quantitative estimate of drug-likeness (QED) is 0.494. The highest BCUT2D eigenvalue weighted by molar-refractivity contribution is 5.93. The maximum atomic E-state index is 5.45. The fourth-order valence-corrected chi connectivity index (χ4v) is 2.90. The van der Waals surface area contributed by atoms with E-state index in [1.54, 1.807) is 32.8 Å². The first-order valence-electron chi connectivity index (χ1n) is 9.00. The van der Waals surface area contributed by atoms with Gasteiger partial charge >= 0.3 is 0 Å². The van der Waals surface area contributed by atoms with E-state index in [0.717, 1.165) is 22.2 Å². The number of rotatable bonds is 7. The fourth-order valence-electron chi connectivity index (χ4n) is 2.90. The first-order valence-corrected chi connectivity index (χ1v) is 9.00. The lowest BCUT2D eigenvalue weighted by molar-refractivity contribution is 0.356. The summed E-state index contributed by atoms with van der Waals surface area (Å²) in [4.78, 5) is 17.5. The van der Waals surface area contributed by atoms with Crippen molar-refractivity contribution in [2.75, 3.05) is 24.9 Å². The molecule has 0 amide bonds. The molecule has 0 saturated carbocycles. The van der Waals surface area contributed by atoms with Crippen molar-refractivity contribution in [3.8, 4) is 11.5 Å². The van der Waals surface area contributed by atoms with E-state index in [-0.39, 0.29) is 0 Å². The largest absolute Gasteiger partial charge is 0.493 e. The van der Waals surface area contributed by atoms with E-state index in [4.69, 9.17) is 9.47 Å². The molecule has 0 atom stereocenters. The number of fused-ring (bicyclic) bond motifs is 1. The van der Waals surface area contributed by atoms with Gasteiger partial charge in [0.2, 0.25) is 5.95 Å². The Morgan fingerprint density at radius 2 is 1.69 bits per heavy atom. The smallest absolute Gasteiger partial charge is 0.229 e. The van der Waals surface area contributed by atoms with E-state index in [0.29, 0.717) is 29.8 Å². The molecule has 0 aliphatic heterocycles. The number of ether oxygens (including phenoxy) is 2. The maximum absolute atomic E-state index is 5.45. The molecule has 0 bridgehead atoms. The van der Waals surface area contributed by atoms with Crippen molar-refractivity contribution >= 4 is 28.4 Å². The van der Waals surface area contributed by atoms with Crippen LogP contribution in [0, 0.1) is 0 Å². The van der Waals surface area contributed by atoms with E-state index in [1.807, 2.05) is 42.6 Å². The highest BCUT2D eigenvalue weighted by Crippen LogP contribution is 2.35. The van der Waals surface area contributed by atoms with Crippen LogP contribution < -0.4 is 20.1 Å². The summed E-state index contributed by atoms with van der Waals surface area (Å²) in [5.74, 6) is 2.36. The Labute approximate surface area is 168 Å². The molecule has 0 aliphatic rings. The number of nitrogens with one attached hydrogen (secondary N) is 2. The standard InChI is InChI=1S/C21H20N6O2/c1-28-18-10-16-17(11-19(18)29-2)26-21(25-15-5-8-22-9-6-15)27-20(16)24-13-14-4-3-7-23-12-14/h3-12H,13H2,1-2H3,(H2,22,24,25,26,27). The van der Waals surface area contributed by atoms with Gasteiger partial charge in [-0.25, -0.2) is 4.98 Å². The van der Waals surface area contributed by atoms with Crippen molar-refractivity contribution < 1.29 is 9.47 Å².